The van der Waals surface area contributed by atoms with Crippen LogP contribution < -0.4 is 9.47 Å². The van der Waals surface area contributed by atoms with Crippen molar-refractivity contribution < 1.29 is 32.2 Å². The highest BCUT2D eigenvalue weighted by Crippen LogP contribution is 2.59. The van der Waals surface area contributed by atoms with E-state index in [4.69, 9.17) is 9.47 Å². The van der Waals surface area contributed by atoms with Crippen molar-refractivity contribution in [3.8, 4) is 11.6 Å². The van der Waals surface area contributed by atoms with E-state index in [2.05, 4.69) is 21.9 Å². The Balaban J connectivity index is 1.37. The molecule has 2 aliphatic rings. The largest absolute Gasteiger partial charge is 0.522 e. The number of hydrogen-bond acceptors (Lipinski definition) is 5. The third kappa shape index (κ3) is 4.61. The van der Waals surface area contributed by atoms with E-state index in [1.807, 2.05) is 18.2 Å². The second-order valence-electron chi connectivity index (χ2n) is 7.77. The standard InChI is InChI=1S/C22H23F3N2O4/c1-29-19-18(30-11-12-31-22(23,24)25)8-7-17(26-19)20(28)27-10-9-21(13-16(21)14-27)15-5-3-2-4-6-15/h2-8,16H,9-14H2,1H3. The summed E-state index contributed by atoms with van der Waals surface area (Å²) in [5.41, 5.74) is 1.73. The molecule has 31 heavy (non-hydrogen) atoms. The topological polar surface area (TPSA) is 60.9 Å². The molecule has 1 amide bonds. The second-order valence-corrected chi connectivity index (χ2v) is 7.77. The van der Waals surface area contributed by atoms with E-state index in [0.29, 0.717) is 19.0 Å². The molecule has 2 atom stereocenters. The van der Waals surface area contributed by atoms with Gasteiger partial charge in [-0.1, -0.05) is 30.3 Å². The number of likely N-dealkylation sites (tertiary alicyclic amines) is 1. The predicted octanol–water partition coefficient (Wildman–Crippen LogP) is 3.81. The van der Waals surface area contributed by atoms with Crippen molar-refractivity contribution >= 4 is 5.91 Å². The fourth-order valence-electron chi connectivity index (χ4n) is 4.34. The first-order valence-electron chi connectivity index (χ1n) is 10.1. The van der Waals surface area contributed by atoms with Crippen molar-refractivity contribution in [1.82, 2.24) is 9.88 Å². The van der Waals surface area contributed by atoms with Gasteiger partial charge in [0.25, 0.3) is 11.8 Å². The molecule has 6 nitrogen and oxygen atoms in total. The molecule has 2 fully saturated rings. The molecule has 1 saturated carbocycles. The number of benzene rings is 1. The zero-order valence-corrected chi connectivity index (χ0v) is 17.0. The molecule has 1 aliphatic heterocycles. The molecule has 1 aromatic carbocycles. The first kappa shape index (κ1) is 21.4. The minimum Gasteiger partial charge on any atom is -0.486 e. The van der Waals surface area contributed by atoms with Gasteiger partial charge < -0.3 is 14.4 Å². The Morgan fingerprint density at radius 1 is 1.19 bits per heavy atom. The van der Waals surface area contributed by atoms with Gasteiger partial charge in [-0.25, -0.2) is 4.98 Å². The summed E-state index contributed by atoms with van der Waals surface area (Å²) in [6.07, 6.45) is -2.73. The zero-order valence-electron chi connectivity index (χ0n) is 17.0. The molecule has 1 aromatic heterocycles. The van der Waals surface area contributed by atoms with Gasteiger partial charge in [-0.05, 0) is 36.5 Å². The van der Waals surface area contributed by atoms with E-state index in [1.54, 1.807) is 4.90 Å². The lowest BCUT2D eigenvalue weighted by Gasteiger charge is -2.32. The summed E-state index contributed by atoms with van der Waals surface area (Å²) in [5, 5.41) is 0. The fraction of sp³-hybridized carbons (Fsp3) is 0.455. The SMILES string of the molecule is COc1nc(C(=O)N2CCC3(c4ccccc4)CC3C2)ccc1OCCOC(F)(F)F. The first-order valence-corrected chi connectivity index (χ1v) is 10.1. The van der Waals surface area contributed by atoms with Crippen LogP contribution in [0.1, 0.15) is 28.9 Å². The van der Waals surface area contributed by atoms with E-state index in [1.165, 1.54) is 24.8 Å². The van der Waals surface area contributed by atoms with Crippen molar-refractivity contribution in [2.75, 3.05) is 33.4 Å². The van der Waals surface area contributed by atoms with Crippen molar-refractivity contribution in [3.63, 3.8) is 0 Å². The van der Waals surface area contributed by atoms with Crippen LogP contribution in [0.5, 0.6) is 11.6 Å². The number of nitrogens with zero attached hydrogens (tertiary/aromatic N) is 2. The van der Waals surface area contributed by atoms with Crippen LogP contribution in [-0.4, -0.2) is 55.6 Å². The number of methoxy groups -OCH3 is 1. The smallest absolute Gasteiger partial charge is 0.486 e. The summed E-state index contributed by atoms with van der Waals surface area (Å²) >= 11 is 0. The Morgan fingerprint density at radius 3 is 2.65 bits per heavy atom. The molecular weight excluding hydrogens is 413 g/mol. The third-order valence-electron chi connectivity index (χ3n) is 5.98. The van der Waals surface area contributed by atoms with Crippen molar-refractivity contribution in [3.05, 3.63) is 53.7 Å². The van der Waals surface area contributed by atoms with Crippen LogP contribution in [0, 0.1) is 5.92 Å². The minimum absolute atomic E-state index is 0.0416. The number of aromatic nitrogens is 1. The maximum absolute atomic E-state index is 13.0. The van der Waals surface area contributed by atoms with Crippen LogP contribution in [0.3, 0.4) is 0 Å². The van der Waals surface area contributed by atoms with E-state index in [0.717, 1.165) is 12.8 Å². The molecule has 1 saturated heterocycles. The monoisotopic (exact) mass is 436 g/mol. The summed E-state index contributed by atoms with van der Waals surface area (Å²) in [7, 11) is 1.36. The number of amides is 1. The highest BCUT2D eigenvalue weighted by molar-refractivity contribution is 5.92. The van der Waals surface area contributed by atoms with Crippen LogP contribution in [-0.2, 0) is 10.2 Å². The van der Waals surface area contributed by atoms with Crippen LogP contribution in [0.15, 0.2) is 42.5 Å². The Morgan fingerprint density at radius 2 is 1.97 bits per heavy atom. The Hall–Kier alpha value is -2.81. The molecule has 2 heterocycles. The number of carbonyl (C=O) groups is 1. The zero-order chi connectivity index (χ0) is 22.1. The fourth-order valence-corrected chi connectivity index (χ4v) is 4.34. The molecule has 2 aromatic rings. The summed E-state index contributed by atoms with van der Waals surface area (Å²) in [4.78, 5) is 19.0. The number of fused-ring (bicyclic) bond motifs is 1. The highest BCUT2D eigenvalue weighted by Gasteiger charge is 2.57. The summed E-state index contributed by atoms with van der Waals surface area (Å²) < 4.78 is 50.2. The molecule has 4 rings (SSSR count). The van der Waals surface area contributed by atoms with Gasteiger partial charge in [0, 0.05) is 18.5 Å². The average molecular weight is 436 g/mol. The van der Waals surface area contributed by atoms with Crippen molar-refractivity contribution in [2.45, 2.75) is 24.6 Å². The number of carbonyl (C=O) groups excluding carboxylic acids is 1. The molecule has 9 heteroatoms. The normalized spacial score (nSPS) is 22.6. The lowest BCUT2D eigenvalue weighted by Crippen LogP contribution is -2.40. The average Bonchev–Trinajstić information content (AvgIpc) is 3.51. The number of pyridine rings is 1. The van der Waals surface area contributed by atoms with Crippen LogP contribution in [0.4, 0.5) is 13.2 Å². The van der Waals surface area contributed by atoms with E-state index < -0.39 is 13.0 Å². The number of ether oxygens (including phenoxy) is 3. The quantitative estimate of drug-likeness (QED) is 0.618. The van der Waals surface area contributed by atoms with Gasteiger partial charge in [0.1, 0.15) is 12.3 Å². The van der Waals surface area contributed by atoms with Crippen LogP contribution >= 0.6 is 0 Å². The second kappa shape index (κ2) is 8.37. The maximum Gasteiger partial charge on any atom is 0.522 e. The molecule has 2 unspecified atom stereocenters. The molecule has 0 spiro atoms. The first-order chi connectivity index (χ1) is 14.8. The van der Waals surface area contributed by atoms with Gasteiger partial charge in [-0.3, -0.25) is 9.53 Å². The predicted molar refractivity (Wildman–Crippen MR) is 105 cm³/mol. The third-order valence-corrected chi connectivity index (χ3v) is 5.98. The Bertz CT molecular complexity index is 938. The summed E-state index contributed by atoms with van der Waals surface area (Å²) in [6, 6.07) is 13.4. The Kier molecular flexibility index (Phi) is 5.79. The van der Waals surface area contributed by atoms with Gasteiger partial charge in [0.15, 0.2) is 5.75 Å². The number of rotatable bonds is 7. The van der Waals surface area contributed by atoms with E-state index >= 15 is 0 Å². The maximum atomic E-state index is 13.0. The number of alkyl halides is 3. The van der Waals surface area contributed by atoms with Crippen molar-refractivity contribution in [1.29, 1.82) is 0 Å². The number of piperidine rings is 1. The molecule has 1 aliphatic carbocycles. The van der Waals surface area contributed by atoms with Crippen LogP contribution in [0.25, 0.3) is 0 Å². The Labute approximate surface area is 177 Å². The summed E-state index contributed by atoms with van der Waals surface area (Å²) in [5.74, 6) is 0.429. The van der Waals surface area contributed by atoms with Gasteiger partial charge in [0.05, 0.1) is 13.7 Å². The number of halogens is 3. The lowest BCUT2D eigenvalue weighted by molar-refractivity contribution is -0.325. The lowest BCUT2D eigenvalue weighted by atomic mass is 9.87. The van der Waals surface area contributed by atoms with E-state index in [9.17, 15) is 18.0 Å². The number of hydrogen-bond donors (Lipinski definition) is 0. The van der Waals surface area contributed by atoms with Gasteiger partial charge in [-0.15, -0.1) is 13.2 Å². The van der Waals surface area contributed by atoms with Gasteiger partial charge in [0.2, 0.25) is 0 Å². The molecule has 0 N–H and O–H groups in total. The molecule has 0 radical (unpaired) electrons. The highest BCUT2D eigenvalue weighted by atomic mass is 19.4. The van der Waals surface area contributed by atoms with Crippen molar-refractivity contribution in [2.24, 2.45) is 5.92 Å². The minimum atomic E-state index is -4.71. The molecule has 0 bridgehead atoms. The molecule has 166 valence electrons. The van der Waals surface area contributed by atoms with Crippen LogP contribution in [0.2, 0.25) is 0 Å². The van der Waals surface area contributed by atoms with E-state index in [-0.39, 0.29) is 35.3 Å². The van der Waals surface area contributed by atoms with Gasteiger partial charge >= 0.3 is 6.36 Å². The molecular formula is C22H23F3N2O4. The van der Waals surface area contributed by atoms with Gasteiger partial charge in [-0.2, -0.15) is 0 Å². The summed E-state index contributed by atoms with van der Waals surface area (Å²) in [6.45, 7) is 0.317.